The van der Waals surface area contributed by atoms with Crippen molar-refractivity contribution in [1.29, 1.82) is 0 Å². The maximum absolute atomic E-state index is 11.2. The summed E-state index contributed by atoms with van der Waals surface area (Å²) < 4.78 is 0. The summed E-state index contributed by atoms with van der Waals surface area (Å²) in [6.07, 6.45) is 5.51. The van der Waals surface area contributed by atoms with Crippen molar-refractivity contribution in [2.24, 2.45) is 0 Å². The molecular formula is C9H12N2O. The van der Waals surface area contributed by atoms with Crippen LogP contribution in [0.5, 0.6) is 0 Å². The van der Waals surface area contributed by atoms with Crippen molar-refractivity contribution in [2.75, 3.05) is 6.54 Å². The highest BCUT2D eigenvalue weighted by Crippen LogP contribution is 1.92. The molecule has 3 heteroatoms. The number of hydrogen-bond donors (Lipinski definition) is 2. The lowest BCUT2D eigenvalue weighted by Gasteiger charge is -1.97. The van der Waals surface area contributed by atoms with E-state index in [0.717, 1.165) is 0 Å². The van der Waals surface area contributed by atoms with Gasteiger partial charge in [0, 0.05) is 12.7 Å². The first kappa shape index (κ1) is 8.59. The number of allylic oxidation sites excluding steroid dienone is 1. The molecule has 0 atom stereocenters. The van der Waals surface area contributed by atoms with Gasteiger partial charge in [0.15, 0.2) is 0 Å². The first-order valence-electron chi connectivity index (χ1n) is 3.87. The molecule has 1 rings (SSSR count). The Morgan fingerprint density at radius 3 is 3.17 bits per heavy atom. The number of carbonyl (C=O) groups is 1. The quantitative estimate of drug-likeness (QED) is 0.650. The molecule has 0 aliphatic rings. The van der Waals surface area contributed by atoms with E-state index in [1.54, 1.807) is 18.3 Å². The van der Waals surface area contributed by atoms with Crippen LogP contribution in [0.1, 0.15) is 17.4 Å². The van der Waals surface area contributed by atoms with E-state index in [1.165, 1.54) is 0 Å². The van der Waals surface area contributed by atoms with Crippen LogP contribution in [-0.2, 0) is 0 Å². The van der Waals surface area contributed by atoms with Crippen molar-refractivity contribution in [3.63, 3.8) is 0 Å². The monoisotopic (exact) mass is 164 g/mol. The standard InChI is InChI=1S/C9H12N2O/c1-2-3-6-11-9(12)8-5-4-7-10-8/h2-5,7,10H,6H2,1H3,(H,11,12). The molecule has 0 unspecified atom stereocenters. The largest absolute Gasteiger partial charge is 0.357 e. The van der Waals surface area contributed by atoms with E-state index in [4.69, 9.17) is 0 Å². The number of amides is 1. The highest BCUT2D eigenvalue weighted by molar-refractivity contribution is 5.92. The van der Waals surface area contributed by atoms with E-state index in [0.29, 0.717) is 12.2 Å². The minimum absolute atomic E-state index is 0.0712. The van der Waals surface area contributed by atoms with Gasteiger partial charge in [-0.25, -0.2) is 0 Å². The molecule has 0 aliphatic carbocycles. The lowest BCUT2D eigenvalue weighted by molar-refractivity contribution is 0.0953. The summed E-state index contributed by atoms with van der Waals surface area (Å²) in [7, 11) is 0. The fraction of sp³-hybridized carbons (Fsp3) is 0.222. The van der Waals surface area contributed by atoms with Crippen LogP contribution in [0, 0.1) is 0 Å². The molecule has 1 aromatic heterocycles. The number of H-pyrrole nitrogens is 1. The van der Waals surface area contributed by atoms with Gasteiger partial charge < -0.3 is 10.3 Å². The Morgan fingerprint density at radius 1 is 1.75 bits per heavy atom. The van der Waals surface area contributed by atoms with Gasteiger partial charge in [-0.05, 0) is 19.1 Å². The highest BCUT2D eigenvalue weighted by Gasteiger charge is 2.01. The number of aromatic nitrogens is 1. The molecule has 0 aromatic carbocycles. The number of nitrogens with one attached hydrogen (secondary N) is 2. The van der Waals surface area contributed by atoms with E-state index in [2.05, 4.69) is 10.3 Å². The van der Waals surface area contributed by atoms with Gasteiger partial charge in [-0.2, -0.15) is 0 Å². The van der Waals surface area contributed by atoms with Crippen LogP contribution in [-0.4, -0.2) is 17.4 Å². The van der Waals surface area contributed by atoms with Crippen molar-refractivity contribution in [1.82, 2.24) is 10.3 Å². The molecule has 0 bridgehead atoms. The lowest BCUT2D eigenvalue weighted by Crippen LogP contribution is -2.23. The molecule has 1 amide bonds. The van der Waals surface area contributed by atoms with E-state index in [-0.39, 0.29) is 5.91 Å². The fourth-order valence-corrected chi connectivity index (χ4v) is 0.836. The van der Waals surface area contributed by atoms with Crippen molar-refractivity contribution < 1.29 is 4.79 Å². The SMILES string of the molecule is CC=CCNC(=O)c1ccc[nH]1. The Morgan fingerprint density at radius 2 is 2.58 bits per heavy atom. The van der Waals surface area contributed by atoms with Gasteiger partial charge in [-0.1, -0.05) is 12.2 Å². The maximum atomic E-state index is 11.2. The smallest absolute Gasteiger partial charge is 0.267 e. The van der Waals surface area contributed by atoms with Crippen LogP contribution in [0.25, 0.3) is 0 Å². The number of rotatable bonds is 3. The zero-order valence-corrected chi connectivity index (χ0v) is 7.00. The normalized spacial score (nSPS) is 10.4. The van der Waals surface area contributed by atoms with Gasteiger partial charge in [-0.15, -0.1) is 0 Å². The molecular weight excluding hydrogens is 152 g/mol. The van der Waals surface area contributed by atoms with Crippen LogP contribution in [0.15, 0.2) is 30.5 Å². The van der Waals surface area contributed by atoms with Crippen LogP contribution in [0.2, 0.25) is 0 Å². The molecule has 0 aliphatic heterocycles. The minimum Gasteiger partial charge on any atom is -0.357 e. The summed E-state index contributed by atoms with van der Waals surface area (Å²) >= 11 is 0. The Balaban J connectivity index is 2.40. The second-order valence-electron chi connectivity index (χ2n) is 2.36. The van der Waals surface area contributed by atoms with Gasteiger partial charge in [0.1, 0.15) is 5.69 Å². The number of hydrogen-bond acceptors (Lipinski definition) is 1. The van der Waals surface area contributed by atoms with Gasteiger partial charge in [0.2, 0.25) is 0 Å². The van der Waals surface area contributed by atoms with Gasteiger partial charge in [0.05, 0.1) is 0 Å². The summed E-state index contributed by atoms with van der Waals surface area (Å²) in [6, 6.07) is 3.54. The van der Waals surface area contributed by atoms with Crippen LogP contribution >= 0.6 is 0 Å². The van der Waals surface area contributed by atoms with Crippen LogP contribution < -0.4 is 5.32 Å². The second-order valence-corrected chi connectivity index (χ2v) is 2.36. The molecule has 0 fully saturated rings. The third-order valence-electron chi connectivity index (χ3n) is 1.46. The van der Waals surface area contributed by atoms with Gasteiger partial charge in [0.25, 0.3) is 5.91 Å². The zero-order valence-electron chi connectivity index (χ0n) is 7.00. The van der Waals surface area contributed by atoms with Crippen molar-refractivity contribution >= 4 is 5.91 Å². The van der Waals surface area contributed by atoms with Crippen molar-refractivity contribution in [3.05, 3.63) is 36.2 Å². The Labute approximate surface area is 71.5 Å². The van der Waals surface area contributed by atoms with Crippen LogP contribution in [0.4, 0.5) is 0 Å². The predicted octanol–water partition coefficient (Wildman–Crippen LogP) is 1.32. The molecule has 1 heterocycles. The molecule has 2 N–H and O–H groups in total. The summed E-state index contributed by atoms with van der Waals surface area (Å²) in [4.78, 5) is 14.0. The van der Waals surface area contributed by atoms with Crippen LogP contribution in [0.3, 0.4) is 0 Å². The third kappa shape index (κ3) is 2.27. The maximum Gasteiger partial charge on any atom is 0.267 e. The van der Waals surface area contributed by atoms with Gasteiger partial charge in [-0.3, -0.25) is 4.79 Å². The molecule has 0 radical (unpaired) electrons. The van der Waals surface area contributed by atoms with E-state index in [1.807, 2.05) is 19.1 Å². The topological polar surface area (TPSA) is 44.9 Å². The molecule has 0 saturated carbocycles. The highest BCUT2D eigenvalue weighted by atomic mass is 16.1. The predicted molar refractivity (Wildman–Crippen MR) is 47.9 cm³/mol. The molecule has 1 aromatic rings. The van der Waals surface area contributed by atoms with Crippen molar-refractivity contribution in [3.8, 4) is 0 Å². The Hall–Kier alpha value is -1.51. The average molecular weight is 164 g/mol. The Kier molecular flexibility index (Phi) is 3.14. The number of aromatic amines is 1. The first-order valence-corrected chi connectivity index (χ1v) is 3.87. The molecule has 12 heavy (non-hydrogen) atoms. The minimum atomic E-state index is -0.0712. The first-order chi connectivity index (χ1) is 5.84. The summed E-state index contributed by atoms with van der Waals surface area (Å²) in [6.45, 7) is 2.50. The summed E-state index contributed by atoms with van der Waals surface area (Å²) in [5.74, 6) is -0.0712. The third-order valence-corrected chi connectivity index (χ3v) is 1.46. The Bertz CT molecular complexity index is 262. The molecule has 3 nitrogen and oxygen atoms in total. The fourth-order valence-electron chi connectivity index (χ4n) is 0.836. The van der Waals surface area contributed by atoms with Crippen molar-refractivity contribution in [2.45, 2.75) is 6.92 Å². The summed E-state index contributed by atoms with van der Waals surface area (Å²) in [5.41, 5.74) is 0.597. The second kappa shape index (κ2) is 4.38. The number of carbonyl (C=O) groups excluding carboxylic acids is 1. The van der Waals surface area contributed by atoms with E-state index < -0.39 is 0 Å². The van der Waals surface area contributed by atoms with E-state index in [9.17, 15) is 4.79 Å². The lowest BCUT2D eigenvalue weighted by atomic mass is 10.4. The summed E-state index contributed by atoms with van der Waals surface area (Å²) in [5, 5.41) is 2.73. The average Bonchev–Trinajstić information content (AvgIpc) is 2.56. The zero-order chi connectivity index (χ0) is 8.81. The molecule has 64 valence electrons. The van der Waals surface area contributed by atoms with E-state index >= 15 is 0 Å². The van der Waals surface area contributed by atoms with Gasteiger partial charge >= 0.3 is 0 Å². The molecule has 0 spiro atoms. The molecule has 0 saturated heterocycles.